The van der Waals surface area contributed by atoms with Crippen molar-refractivity contribution in [3.63, 3.8) is 0 Å². The summed E-state index contributed by atoms with van der Waals surface area (Å²) in [5, 5.41) is 8.90. The summed E-state index contributed by atoms with van der Waals surface area (Å²) < 4.78 is 37.3. The Morgan fingerprint density at radius 2 is 2.11 bits per heavy atom. The summed E-state index contributed by atoms with van der Waals surface area (Å²) in [6.45, 7) is 0.992. The maximum atomic E-state index is 12.4. The van der Waals surface area contributed by atoms with Gasteiger partial charge in [0, 0.05) is 12.6 Å². The highest BCUT2D eigenvalue weighted by molar-refractivity contribution is 5.87. The average molecular weight is 273 g/mol. The summed E-state index contributed by atoms with van der Waals surface area (Å²) in [5.74, 6) is -1.02. The van der Waals surface area contributed by atoms with E-state index in [-0.39, 0.29) is 18.2 Å². The Labute approximate surface area is 108 Å². The lowest BCUT2D eigenvalue weighted by atomic mass is 9.93. The molecule has 2 rings (SSSR count). The molecule has 3 nitrogen and oxygen atoms in total. The van der Waals surface area contributed by atoms with Crippen molar-refractivity contribution in [1.29, 1.82) is 0 Å². The van der Waals surface area contributed by atoms with Crippen molar-refractivity contribution in [2.45, 2.75) is 32.1 Å². The van der Waals surface area contributed by atoms with Gasteiger partial charge in [0.05, 0.1) is 12.1 Å². The van der Waals surface area contributed by atoms with Crippen LogP contribution in [0, 0.1) is 0 Å². The van der Waals surface area contributed by atoms with Crippen molar-refractivity contribution in [1.82, 2.24) is 4.90 Å². The van der Waals surface area contributed by atoms with Crippen LogP contribution in [0.4, 0.5) is 13.2 Å². The maximum absolute atomic E-state index is 12.4. The van der Waals surface area contributed by atoms with E-state index in [2.05, 4.69) is 0 Å². The zero-order valence-electron chi connectivity index (χ0n) is 10.4. The molecule has 0 saturated heterocycles. The molecule has 104 valence electrons. The highest BCUT2D eigenvalue weighted by Crippen LogP contribution is 2.27. The number of nitrogens with zero attached hydrogens (tertiary/aromatic N) is 1. The van der Waals surface area contributed by atoms with Crippen LogP contribution in [0.2, 0.25) is 0 Å². The Morgan fingerprint density at radius 1 is 1.42 bits per heavy atom. The second-order valence-corrected chi connectivity index (χ2v) is 4.86. The summed E-state index contributed by atoms with van der Waals surface area (Å²) in [7, 11) is 0. The minimum atomic E-state index is -4.22. The molecular formula is C13H14F3NO2. The summed E-state index contributed by atoms with van der Waals surface area (Å²) in [6.07, 6.45) is -3.78. The van der Waals surface area contributed by atoms with Crippen molar-refractivity contribution in [3.8, 4) is 0 Å². The van der Waals surface area contributed by atoms with Gasteiger partial charge >= 0.3 is 12.1 Å². The molecule has 1 N–H and O–H groups in total. The molecule has 1 atom stereocenters. The zero-order valence-corrected chi connectivity index (χ0v) is 10.4. The van der Waals surface area contributed by atoms with Gasteiger partial charge in [-0.05, 0) is 36.6 Å². The summed E-state index contributed by atoms with van der Waals surface area (Å²) >= 11 is 0. The quantitative estimate of drug-likeness (QED) is 0.900. The number of carboxylic acids is 1. The van der Waals surface area contributed by atoms with Crippen LogP contribution in [0.5, 0.6) is 0 Å². The van der Waals surface area contributed by atoms with E-state index in [0.29, 0.717) is 6.42 Å². The molecule has 1 aromatic rings. The number of carbonyl (C=O) groups is 1. The SMILES string of the molecule is C[C@@H]1Cc2cc(C(=O)O)ccc2CN1CC(F)(F)F. The number of aromatic carboxylic acids is 1. The third kappa shape index (κ3) is 3.26. The molecule has 0 fully saturated rings. The Bertz CT molecular complexity index is 499. The van der Waals surface area contributed by atoms with E-state index in [4.69, 9.17) is 5.11 Å². The van der Waals surface area contributed by atoms with Crippen molar-refractivity contribution >= 4 is 5.97 Å². The smallest absolute Gasteiger partial charge is 0.401 e. The minimum Gasteiger partial charge on any atom is -0.478 e. The number of benzene rings is 1. The van der Waals surface area contributed by atoms with Gasteiger partial charge in [0.15, 0.2) is 0 Å². The van der Waals surface area contributed by atoms with Crippen LogP contribution < -0.4 is 0 Å². The molecule has 1 heterocycles. The molecule has 1 aromatic carbocycles. The monoisotopic (exact) mass is 273 g/mol. The Balaban J connectivity index is 2.22. The first-order valence-electron chi connectivity index (χ1n) is 5.92. The number of fused-ring (bicyclic) bond motifs is 1. The van der Waals surface area contributed by atoms with Crippen LogP contribution in [0.25, 0.3) is 0 Å². The van der Waals surface area contributed by atoms with E-state index in [0.717, 1.165) is 11.1 Å². The standard InChI is InChI=1S/C13H14F3NO2/c1-8-4-11-5-9(12(18)19)2-3-10(11)6-17(8)7-13(14,15)16/h2-3,5,8H,4,6-7H2,1H3,(H,18,19)/t8-/m1/s1. The van der Waals surface area contributed by atoms with Gasteiger partial charge in [-0.3, -0.25) is 4.90 Å². The molecule has 0 aromatic heterocycles. The lowest BCUT2D eigenvalue weighted by molar-refractivity contribution is -0.152. The molecule has 0 aliphatic carbocycles. The second-order valence-electron chi connectivity index (χ2n) is 4.86. The first kappa shape index (κ1) is 13.9. The van der Waals surface area contributed by atoms with Crippen LogP contribution >= 0.6 is 0 Å². The van der Waals surface area contributed by atoms with Crippen molar-refractivity contribution in [2.24, 2.45) is 0 Å². The van der Waals surface area contributed by atoms with Crippen LogP contribution in [-0.4, -0.2) is 34.7 Å². The van der Waals surface area contributed by atoms with Crippen LogP contribution in [0.15, 0.2) is 18.2 Å². The first-order valence-corrected chi connectivity index (χ1v) is 5.92. The van der Waals surface area contributed by atoms with Crippen molar-refractivity contribution in [3.05, 3.63) is 34.9 Å². The largest absolute Gasteiger partial charge is 0.478 e. The van der Waals surface area contributed by atoms with Gasteiger partial charge in [0.25, 0.3) is 0 Å². The molecule has 0 amide bonds. The second kappa shape index (κ2) is 4.85. The predicted octanol–water partition coefficient (Wildman–Crippen LogP) is 2.69. The number of alkyl halides is 3. The van der Waals surface area contributed by atoms with E-state index in [9.17, 15) is 18.0 Å². The van der Waals surface area contributed by atoms with Gasteiger partial charge in [-0.1, -0.05) is 6.07 Å². The summed E-state index contributed by atoms with van der Waals surface area (Å²) in [6, 6.07) is 4.34. The predicted molar refractivity (Wildman–Crippen MR) is 63.0 cm³/mol. The van der Waals surface area contributed by atoms with E-state index < -0.39 is 18.7 Å². The molecule has 0 spiro atoms. The van der Waals surface area contributed by atoms with E-state index in [1.165, 1.54) is 11.0 Å². The fraction of sp³-hybridized carbons (Fsp3) is 0.462. The maximum Gasteiger partial charge on any atom is 0.401 e. The molecular weight excluding hydrogens is 259 g/mol. The number of hydrogen-bond donors (Lipinski definition) is 1. The number of halogens is 3. The third-order valence-corrected chi connectivity index (χ3v) is 3.35. The molecule has 1 aliphatic heterocycles. The highest BCUT2D eigenvalue weighted by atomic mass is 19.4. The number of carboxylic acid groups (broad SMARTS) is 1. The zero-order chi connectivity index (χ0) is 14.2. The molecule has 0 saturated carbocycles. The fourth-order valence-electron chi connectivity index (χ4n) is 2.37. The number of rotatable bonds is 2. The normalized spacial score (nSPS) is 20.1. The topological polar surface area (TPSA) is 40.5 Å². The van der Waals surface area contributed by atoms with Gasteiger partial charge in [0.1, 0.15) is 0 Å². The molecule has 0 radical (unpaired) electrons. The van der Waals surface area contributed by atoms with Crippen molar-refractivity contribution < 1.29 is 23.1 Å². The number of hydrogen-bond acceptors (Lipinski definition) is 2. The summed E-state index contributed by atoms with van der Waals surface area (Å²) in [4.78, 5) is 12.2. The minimum absolute atomic E-state index is 0.176. The molecule has 19 heavy (non-hydrogen) atoms. The first-order chi connectivity index (χ1) is 8.76. The van der Waals surface area contributed by atoms with Gasteiger partial charge < -0.3 is 5.11 Å². The van der Waals surface area contributed by atoms with Gasteiger partial charge in [0.2, 0.25) is 0 Å². The third-order valence-electron chi connectivity index (χ3n) is 3.35. The summed E-state index contributed by atoms with van der Waals surface area (Å²) in [5.41, 5.74) is 1.77. The van der Waals surface area contributed by atoms with Gasteiger partial charge in [-0.15, -0.1) is 0 Å². The van der Waals surface area contributed by atoms with E-state index in [1.54, 1.807) is 19.1 Å². The van der Waals surface area contributed by atoms with Crippen LogP contribution in [0.1, 0.15) is 28.4 Å². The molecule has 0 bridgehead atoms. The molecule has 1 aliphatic rings. The molecule has 6 heteroatoms. The lowest BCUT2D eigenvalue weighted by Crippen LogP contribution is -2.43. The molecule has 0 unspecified atom stereocenters. The van der Waals surface area contributed by atoms with Crippen LogP contribution in [0.3, 0.4) is 0 Å². The highest BCUT2D eigenvalue weighted by Gasteiger charge is 2.34. The van der Waals surface area contributed by atoms with Gasteiger partial charge in [-0.2, -0.15) is 13.2 Å². The van der Waals surface area contributed by atoms with Crippen molar-refractivity contribution in [2.75, 3.05) is 6.54 Å². The lowest BCUT2D eigenvalue weighted by Gasteiger charge is -2.35. The Kier molecular flexibility index (Phi) is 3.54. The average Bonchev–Trinajstić information content (AvgIpc) is 2.27. The van der Waals surface area contributed by atoms with E-state index >= 15 is 0 Å². The van der Waals surface area contributed by atoms with Crippen LogP contribution in [-0.2, 0) is 13.0 Å². The fourth-order valence-corrected chi connectivity index (χ4v) is 2.37. The van der Waals surface area contributed by atoms with Gasteiger partial charge in [-0.25, -0.2) is 4.79 Å². The Morgan fingerprint density at radius 3 is 2.68 bits per heavy atom. The van der Waals surface area contributed by atoms with E-state index in [1.807, 2.05) is 0 Å². The Hall–Kier alpha value is -1.56.